The number of amides is 1. The van der Waals surface area contributed by atoms with Crippen molar-refractivity contribution < 1.29 is 4.79 Å². The van der Waals surface area contributed by atoms with Crippen LogP contribution in [-0.4, -0.2) is 25.5 Å². The van der Waals surface area contributed by atoms with Crippen LogP contribution in [0, 0.1) is 5.92 Å². The minimum Gasteiger partial charge on any atom is -0.370 e. The van der Waals surface area contributed by atoms with E-state index in [2.05, 4.69) is 4.90 Å². The summed E-state index contributed by atoms with van der Waals surface area (Å²) >= 11 is 6.05. The summed E-state index contributed by atoms with van der Waals surface area (Å²) in [5.74, 6) is 0.168. The molecule has 4 N–H and O–H groups in total. The number of likely N-dealkylation sites (N-methyl/N-ethyl adjacent to an activating group) is 1. The number of rotatable bonds is 5. The van der Waals surface area contributed by atoms with Crippen LogP contribution in [0.1, 0.15) is 23.2 Å². The molecule has 0 aliphatic heterocycles. The van der Waals surface area contributed by atoms with Crippen LogP contribution in [-0.2, 0) is 0 Å². The molecule has 1 aromatic rings. The summed E-state index contributed by atoms with van der Waals surface area (Å²) in [5, 5.41) is 0.387. The summed E-state index contributed by atoms with van der Waals surface area (Å²) in [4.78, 5) is 13.2. The fourth-order valence-corrected chi connectivity index (χ4v) is 2.53. The van der Waals surface area contributed by atoms with Gasteiger partial charge in [-0.3, -0.25) is 4.79 Å². The molecule has 4 nitrogen and oxygen atoms in total. The molecule has 1 aliphatic rings. The molecule has 0 radical (unpaired) electrons. The van der Waals surface area contributed by atoms with Crippen molar-refractivity contribution in [2.75, 3.05) is 18.5 Å². The van der Waals surface area contributed by atoms with Crippen LogP contribution in [0.4, 0.5) is 5.69 Å². The minimum absolute atomic E-state index is 0.334. The minimum atomic E-state index is -0.508. The molecule has 1 fully saturated rings. The average Bonchev–Trinajstić information content (AvgIpc) is 3.13. The van der Waals surface area contributed by atoms with Crippen molar-refractivity contribution in [1.82, 2.24) is 0 Å². The number of nitrogens with two attached hydrogens (primary N) is 2. The molecule has 1 saturated carbocycles. The van der Waals surface area contributed by atoms with Crippen molar-refractivity contribution in [2.45, 2.75) is 18.9 Å². The van der Waals surface area contributed by atoms with Gasteiger partial charge in [0.2, 0.25) is 5.91 Å². The zero-order valence-corrected chi connectivity index (χ0v) is 11.2. The Kier molecular flexibility index (Phi) is 3.78. The van der Waals surface area contributed by atoms with Crippen molar-refractivity contribution >= 4 is 23.2 Å². The maximum atomic E-state index is 11.1. The van der Waals surface area contributed by atoms with Gasteiger partial charge in [-0.1, -0.05) is 11.6 Å². The highest BCUT2D eigenvalue weighted by Crippen LogP contribution is 2.36. The fourth-order valence-electron chi connectivity index (χ4n) is 2.26. The number of halogens is 1. The predicted octanol–water partition coefficient (Wildman–Crippen LogP) is 1.61. The smallest absolute Gasteiger partial charge is 0.250 e. The molecule has 1 atom stereocenters. The van der Waals surface area contributed by atoms with E-state index in [1.54, 1.807) is 12.1 Å². The number of hydrogen-bond acceptors (Lipinski definition) is 3. The molecule has 18 heavy (non-hydrogen) atoms. The third-order valence-corrected chi connectivity index (χ3v) is 3.84. The molecule has 0 saturated heterocycles. The monoisotopic (exact) mass is 267 g/mol. The van der Waals surface area contributed by atoms with E-state index in [1.807, 2.05) is 13.1 Å². The van der Waals surface area contributed by atoms with E-state index in [4.69, 9.17) is 23.1 Å². The second-order valence-corrected chi connectivity index (χ2v) is 5.19. The lowest BCUT2D eigenvalue weighted by molar-refractivity contribution is 0.100. The highest BCUT2D eigenvalue weighted by atomic mass is 35.5. The molecule has 5 heteroatoms. The van der Waals surface area contributed by atoms with E-state index >= 15 is 0 Å². The number of nitrogens with zero attached hydrogens (tertiary/aromatic N) is 1. The van der Waals surface area contributed by atoms with E-state index < -0.39 is 5.91 Å². The van der Waals surface area contributed by atoms with Crippen molar-refractivity contribution in [3.8, 4) is 0 Å². The zero-order chi connectivity index (χ0) is 13.3. The Labute approximate surface area is 112 Å². The van der Waals surface area contributed by atoms with E-state index in [0.717, 1.165) is 5.69 Å². The van der Waals surface area contributed by atoms with Crippen LogP contribution in [0.5, 0.6) is 0 Å². The van der Waals surface area contributed by atoms with Gasteiger partial charge in [-0.2, -0.15) is 0 Å². The molecule has 1 aliphatic carbocycles. The van der Waals surface area contributed by atoms with Gasteiger partial charge in [0.05, 0.1) is 10.6 Å². The summed E-state index contributed by atoms with van der Waals surface area (Å²) in [6.07, 6.45) is 2.47. The molecule has 2 rings (SSSR count). The highest BCUT2D eigenvalue weighted by molar-refractivity contribution is 6.34. The van der Waals surface area contributed by atoms with Gasteiger partial charge in [-0.25, -0.2) is 0 Å². The Balaban J connectivity index is 2.22. The van der Waals surface area contributed by atoms with Gasteiger partial charge in [-0.15, -0.1) is 0 Å². The lowest BCUT2D eigenvalue weighted by atomic mass is 10.1. The van der Waals surface area contributed by atoms with E-state index in [1.165, 1.54) is 12.8 Å². The average molecular weight is 268 g/mol. The molecular weight excluding hydrogens is 250 g/mol. The maximum Gasteiger partial charge on any atom is 0.250 e. The molecular formula is C13H18ClN3O. The van der Waals surface area contributed by atoms with Gasteiger partial charge >= 0.3 is 0 Å². The fraction of sp³-hybridized carbons (Fsp3) is 0.462. The number of carbonyl (C=O) groups is 1. The first-order valence-corrected chi connectivity index (χ1v) is 6.44. The Hall–Kier alpha value is -1.26. The lowest BCUT2D eigenvalue weighted by Crippen LogP contribution is -2.39. The van der Waals surface area contributed by atoms with Gasteiger partial charge in [0.15, 0.2) is 0 Å². The van der Waals surface area contributed by atoms with Gasteiger partial charge < -0.3 is 16.4 Å². The Bertz CT molecular complexity index is 460. The second-order valence-electron chi connectivity index (χ2n) is 4.78. The van der Waals surface area contributed by atoms with Crippen molar-refractivity contribution in [1.29, 1.82) is 0 Å². The summed E-state index contributed by atoms with van der Waals surface area (Å²) in [6, 6.07) is 5.63. The normalized spacial score (nSPS) is 16.4. The third kappa shape index (κ3) is 2.60. The van der Waals surface area contributed by atoms with E-state index in [-0.39, 0.29) is 0 Å². The van der Waals surface area contributed by atoms with Crippen LogP contribution in [0.25, 0.3) is 0 Å². The molecule has 1 unspecified atom stereocenters. The second kappa shape index (κ2) is 5.16. The SMILES string of the molecule is CN(c1ccc(C(N)=O)c(Cl)c1)C(CN)C1CC1. The molecule has 98 valence electrons. The summed E-state index contributed by atoms with van der Waals surface area (Å²) < 4.78 is 0. The molecule has 1 aromatic carbocycles. The zero-order valence-electron chi connectivity index (χ0n) is 10.4. The summed E-state index contributed by atoms with van der Waals surface area (Å²) in [7, 11) is 2.01. The Morgan fingerprint density at radius 3 is 2.67 bits per heavy atom. The van der Waals surface area contributed by atoms with Crippen molar-refractivity contribution in [2.24, 2.45) is 17.4 Å². The Morgan fingerprint density at radius 2 is 2.22 bits per heavy atom. The summed E-state index contributed by atoms with van der Waals surface area (Å²) in [5.41, 5.74) is 12.4. The van der Waals surface area contributed by atoms with Gasteiger partial charge in [0.25, 0.3) is 0 Å². The van der Waals surface area contributed by atoms with E-state index in [0.29, 0.717) is 29.1 Å². The first kappa shape index (κ1) is 13.2. The molecule has 0 spiro atoms. The third-order valence-electron chi connectivity index (χ3n) is 3.53. The van der Waals surface area contributed by atoms with Crippen LogP contribution in [0.2, 0.25) is 5.02 Å². The Morgan fingerprint density at radius 1 is 1.56 bits per heavy atom. The molecule has 1 amide bonds. The quantitative estimate of drug-likeness (QED) is 0.851. The lowest BCUT2D eigenvalue weighted by Gasteiger charge is -2.29. The first-order chi connectivity index (χ1) is 8.54. The van der Waals surface area contributed by atoms with Gasteiger partial charge in [-0.05, 0) is 37.0 Å². The van der Waals surface area contributed by atoms with E-state index in [9.17, 15) is 4.79 Å². The maximum absolute atomic E-state index is 11.1. The standard InChI is InChI=1S/C13H18ClN3O/c1-17(12(7-15)8-2-3-8)9-4-5-10(13(16)18)11(14)6-9/h4-6,8,12H,2-3,7,15H2,1H3,(H2,16,18). The predicted molar refractivity (Wildman–Crippen MR) is 73.9 cm³/mol. The van der Waals surface area contributed by atoms with Gasteiger partial charge in [0, 0.05) is 25.3 Å². The molecule has 0 aromatic heterocycles. The van der Waals surface area contributed by atoms with Crippen LogP contribution < -0.4 is 16.4 Å². The molecule has 0 bridgehead atoms. The van der Waals surface area contributed by atoms with Gasteiger partial charge in [0.1, 0.15) is 0 Å². The van der Waals surface area contributed by atoms with Crippen molar-refractivity contribution in [3.63, 3.8) is 0 Å². The topological polar surface area (TPSA) is 72.3 Å². The number of benzene rings is 1. The first-order valence-electron chi connectivity index (χ1n) is 6.07. The van der Waals surface area contributed by atoms with Crippen LogP contribution in [0.3, 0.4) is 0 Å². The number of anilines is 1. The number of carbonyl (C=O) groups excluding carboxylic acids is 1. The van der Waals surface area contributed by atoms with Crippen LogP contribution in [0.15, 0.2) is 18.2 Å². The largest absolute Gasteiger partial charge is 0.370 e. The number of hydrogen-bond donors (Lipinski definition) is 2. The van der Waals surface area contributed by atoms with Crippen molar-refractivity contribution in [3.05, 3.63) is 28.8 Å². The number of primary amides is 1. The highest BCUT2D eigenvalue weighted by Gasteiger charge is 2.33. The molecule has 0 heterocycles. The van der Waals surface area contributed by atoms with Crippen LogP contribution >= 0.6 is 11.6 Å². The summed E-state index contributed by atoms with van der Waals surface area (Å²) in [6.45, 7) is 0.621.